The third-order valence-electron chi connectivity index (χ3n) is 3.03. The van der Waals surface area contributed by atoms with Crippen LogP contribution in [0.4, 0.5) is 0 Å². The molecule has 0 aromatic rings. The highest BCUT2D eigenvalue weighted by molar-refractivity contribution is 5.83. The number of cyclic esters (lactones) is 1. The van der Waals surface area contributed by atoms with Crippen molar-refractivity contribution in [2.45, 2.75) is 46.6 Å². The van der Waals surface area contributed by atoms with E-state index in [1.807, 2.05) is 13.8 Å². The van der Waals surface area contributed by atoms with Crippen LogP contribution >= 0.6 is 0 Å². The Kier molecular flexibility index (Phi) is 3.12. The molecule has 0 aromatic heterocycles. The summed E-state index contributed by atoms with van der Waals surface area (Å²) < 4.78 is 10.8. The maximum atomic E-state index is 11.4. The molecular formula is C12H20O3. The predicted octanol–water partition coefficient (Wildman–Crippen LogP) is 2.66. The van der Waals surface area contributed by atoms with Crippen LogP contribution in [0.1, 0.15) is 41.0 Å². The van der Waals surface area contributed by atoms with Gasteiger partial charge in [0.1, 0.15) is 11.4 Å². The van der Waals surface area contributed by atoms with Gasteiger partial charge in [0, 0.05) is 11.8 Å². The summed E-state index contributed by atoms with van der Waals surface area (Å²) in [5, 5.41) is 0. The van der Waals surface area contributed by atoms with Gasteiger partial charge in [-0.05, 0) is 13.8 Å². The van der Waals surface area contributed by atoms with Crippen molar-refractivity contribution in [3.63, 3.8) is 0 Å². The van der Waals surface area contributed by atoms with Crippen molar-refractivity contribution in [3.05, 3.63) is 11.8 Å². The maximum Gasteiger partial charge on any atom is 0.334 e. The first-order valence-electron chi connectivity index (χ1n) is 5.35. The molecule has 0 saturated heterocycles. The lowest BCUT2D eigenvalue weighted by atomic mass is 9.74. The predicted molar refractivity (Wildman–Crippen MR) is 58.3 cm³/mol. The minimum Gasteiger partial charge on any atom is -0.498 e. The van der Waals surface area contributed by atoms with Crippen LogP contribution in [0.3, 0.4) is 0 Å². The van der Waals surface area contributed by atoms with Crippen molar-refractivity contribution in [3.8, 4) is 0 Å². The first kappa shape index (κ1) is 12.1. The van der Waals surface area contributed by atoms with Gasteiger partial charge in [-0.3, -0.25) is 0 Å². The van der Waals surface area contributed by atoms with Gasteiger partial charge in [0.05, 0.1) is 12.7 Å². The van der Waals surface area contributed by atoms with E-state index in [0.717, 1.165) is 5.76 Å². The van der Waals surface area contributed by atoms with Gasteiger partial charge in [-0.15, -0.1) is 0 Å². The van der Waals surface area contributed by atoms with E-state index in [4.69, 9.17) is 9.47 Å². The summed E-state index contributed by atoms with van der Waals surface area (Å²) in [6, 6.07) is 0. The molecule has 1 aliphatic heterocycles. The van der Waals surface area contributed by atoms with Crippen molar-refractivity contribution in [2.24, 2.45) is 5.41 Å². The smallest absolute Gasteiger partial charge is 0.334 e. The zero-order valence-electron chi connectivity index (χ0n) is 10.2. The summed E-state index contributed by atoms with van der Waals surface area (Å²) in [7, 11) is 0. The van der Waals surface area contributed by atoms with Crippen molar-refractivity contribution in [1.82, 2.24) is 0 Å². The Labute approximate surface area is 91.4 Å². The van der Waals surface area contributed by atoms with E-state index in [9.17, 15) is 4.79 Å². The Hall–Kier alpha value is -0.990. The lowest BCUT2D eigenvalue weighted by Gasteiger charge is -2.43. The molecule has 3 nitrogen and oxygen atoms in total. The SMILES string of the molecule is CCOC1=CC(=O)OC(C)(C(C)(C)C)C1. The first-order valence-corrected chi connectivity index (χ1v) is 5.35. The van der Waals surface area contributed by atoms with Crippen LogP contribution < -0.4 is 0 Å². The third-order valence-corrected chi connectivity index (χ3v) is 3.03. The highest BCUT2D eigenvalue weighted by atomic mass is 16.6. The second-order valence-corrected chi connectivity index (χ2v) is 5.12. The van der Waals surface area contributed by atoms with E-state index in [1.165, 1.54) is 6.08 Å². The molecule has 0 amide bonds. The van der Waals surface area contributed by atoms with Crippen molar-refractivity contribution < 1.29 is 14.3 Å². The van der Waals surface area contributed by atoms with E-state index in [2.05, 4.69) is 20.8 Å². The molecule has 0 aromatic carbocycles. The summed E-state index contributed by atoms with van der Waals surface area (Å²) in [6.07, 6.45) is 2.09. The van der Waals surface area contributed by atoms with Crippen LogP contribution in [0.25, 0.3) is 0 Å². The number of hydrogen-bond donors (Lipinski definition) is 0. The average molecular weight is 212 g/mol. The lowest BCUT2D eigenvalue weighted by molar-refractivity contribution is -0.168. The van der Waals surface area contributed by atoms with E-state index >= 15 is 0 Å². The molecule has 0 fully saturated rings. The molecule has 86 valence electrons. The van der Waals surface area contributed by atoms with Gasteiger partial charge in [-0.25, -0.2) is 4.79 Å². The highest BCUT2D eigenvalue weighted by Crippen LogP contribution is 2.40. The molecule has 15 heavy (non-hydrogen) atoms. The van der Waals surface area contributed by atoms with Crippen molar-refractivity contribution in [1.29, 1.82) is 0 Å². The van der Waals surface area contributed by atoms with Crippen LogP contribution in [0, 0.1) is 5.41 Å². The Bertz CT molecular complexity index is 286. The number of carbonyl (C=O) groups excluding carboxylic acids is 1. The van der Waals surface area contributed by atoms with Crippen molar-refractivity contribution >= 4 is 5.97 Å². The molecule has 3 heteroatoms. The Morgan fingerprint density at radius 2 is 2.13 bits per heavy atom. The fourth-order valence-electron chi connectivity index (χ4n) is 1.50. The van der Waals surface area contributed by atoms with Crippen LogP contribution in [0.15, 0.2) is 11.8 Å². The van der Waals surface area contributed by atoms with Crippen molar-refractivity contribution in [2.75, 3.05) is 6.61 Å². The molecule has 1 atom stereocenters. The number of ether oxygens (including phenoxy) is 2. The molecule has 0 radical (unpaired) electrons. The molecule has 1 rings (SSSR count). The van der Waals surface area contributed by atoms with Gasteiger partial charge in [0.25, 0.3) is 0 Å². The lowest BCUT2D eigenvalue weighted by Crippen LogP contribution is -2.46. The molecular weight excluding hydrogens is 192 g/mol. The highest BCUT2D eigenvalue weighted by Gasteiger charge is 2.44. The summed E-state index contributed by atoms with van der Waals surface area (Å²) in [5.74, 6) is 0.424. The molecule has 0 N–H and O–H groups in total. The molecule has 0 saturated carbocycles. The minimum absolute atomic E-state index is 0.0979. The van der Waals surface area contributed by atoms with Crippen LogP contribution in [-0.2, 0) is 14.3 Å². The van der Waals surface area contributed by atoms with Gasteiger partial charge in [0.2, 0.25) is 0 Å². The number of hydrogen-bond acceptors (Lipinski definition) is 3. The van der Waals surface area contributed by atoms with Crippen LogP contribution in [0.2, 0.25) is 0 Å². The first-order chi connectivity index (χ1) is 6.78. The Balaban J connectivity index is 2.90. The summed E-state index contributed by atoms with van der Waals surface area (Å²) in [6.45, 7) is 10.6. The number of rotatable bonds is 2. The maximum absolute atomic E-state index is 11.4. The van der Waals surface area contributed by atoms with Gasteiger partial charge < -0.3 is 9.47 Å². The van der Waals surface area contributed by atoms with Gasteiger partial charge in [-0.1, -0.05) is 20.8 Å². The second kappa shape index (κ2) is 3.87. The van der Waals surface area contributed by atoms with Gasteiger partial charge in [-0.2, -0.15) is 0 Å². The zero-order valence-corrected chi connectivity index (χ0v) is 10.2. The monoisotopic (exact) mass is 212 g/mol. The quantitative estimate of drug-likeness (QED) is 0.660. The van der Waals surface area contributed by atoms with E-state index < -0.39 is 5.60 Å². The van der Waals surface area contributed by atoms with Crippen LogP contribution in [-0.4, -0.2) is 18.2 Å². The molecule has 0 spiro atoms. The molecule has 0 aliphatic carbocycles. The Morgan fingerprint density at radius 3 is 2.60 bits per heavy atom. The van der Waals surface area contributed by atoms with Gasteiger partial charge >= 0.3 is 5.97 Å². The topological polar surface area (TPSA) is 35.5 Å². The van der Waals surface area contributed by atoms with Gasteiger partial charge in [0.15, 0.2) is 0 Å². The average Bonchev–Trinajstić information content (AvgIpc) is 2.00. The van der Waals surface area contributed by atoms with Crippen LogP contribution in [0.5, 0.6) is 0 Å². The second-order valence-electron chi connectivity index (χ2n) is 5.12. The Morgan fingerprint density at radius 1 is 1.53 bits per heavy atom. The normalized spacial score (nSPS) is 27.0. The van der Waals surface area contributed by atoms with E-state index in [0.29, 0.717) is 13.0 Å². The molecule has 1 heterocycles. The number of esters is 1. The fourth-order valence-corrected chi connectivity index (χ4v) is 1.50. The van der Waals surface area contributed by atoms with E-state index in [-0.39, 0.29) is 11.4 Å². The van der Waals surface area contributed by atoms with E-state index in [1.54, 1.807) is 0 Å². The summed E-state index contributed by atoms with van der Waals surface area (Å²) in [4.78, 5) is 11.4. The third kappa shape index (κ3) is 2.52. The summed E-state index contributed by atoms with van der Waals surface area (Å²) >= 11 is 0. The largest absolute Gasteiger partial charge is 0.498 e. The molecule has 1 aliphatic rings. The zero-order chi connectivity index (χ0) is 11.7. The fraction of sp³-hybridized carbons (Fsp3) is 0.750. The minimum atomic E-state index is -0.483. The summed E-state index contributed by atoms with van der Waals surface area (Å²) in [5.41, 5.74) is -0.581. The number of carbonyl (C=O) groups is 1. The molecule has 1 unspecified atom stereocenters. The standard InChI is InChI=1S/C12H20O3/c1-6-14-9-7-10(13)15-12(5,8-9)11(2,3)4/h7H,6,8H2,1-5H3. The molecule has 0 bridgehead atoms.